The zero-order chi connectivity index (χ0) is 23.2. The molecule has 2 heterocycles. The molecular formula is C25H20N4O3S. The number of fused-ring (bicyclic) bond motifs is 2. The summed E-state index contributed by atoms with van der Waals surface area (Å²) in [5.74, 6) is -1.33. The van der Waals surface area contributed by atoms with Crippen molar-refractivity contribution in [3.63, 3.8) is 0 Å². The molecule has 0 saturated carbocycles. The molecular weight excluding hydrogens is 436 g/mol. The van der Waals surface area contributed by atoms with Crippen molar-refractivity contribution < 1.29 is 13.2 Å². The van der Waals surface area contributed by atoms with Crippen LogP contribution in [-0.4, -0.2) is 30.3 Å². The van der Waals surface area contributed by atoms with Crippen molar-refractivity contribution in [2.75, 3.05) is 10.8 Å². The minimum absolute atomic E-state index is 0.0201. The van der Waals surface area contributed by atoms with Gasteiger partial charge in [-0.05, 0) is 42.3 Å². The Bertz CT molecular complexity index is 1550. The molecule has 1 aliphatic rings. The van der Waals surface area contributed by atoms with Crippen LogP contribution in [0.4, 0.5) is 5.69 Å². The fourth-order valence-corrected chi connectivity index (χ4v) is 5.87. The summed E-state index contributed by atoms with van der Waals surface area (Å²) in [7, 11) is -2.10. The minimum atomic E-state index is -3.86. The van der Waals surface area contributed by atoms with Crippen LogP contribution in [0.15, 0.2) is 77.7 Å². The Labute approximate surface area is 191 Å². The molecule has 0 saturated heterocycles. The molecule has 0 fully saturated rings. The summed E-state index contributed by atoms with van der Waals surface area (Å²) in [6, 6.07) is 22.7. The smallest absolute Gasteiger partial charge is 0.264 e. The Morgan fingerprint density at radius 3 is 2.61 bits per heavy atom. The molecule has 3 aromatic carbocycles. The Balaban J connectivity index is 1.51. The van der Waals surface area contributed by atoms with Crippen LogP contribution in [0, 0.1) is 11.3 Å². The van der Waals surface area contributed by atoms with Crippen molar-refractivity contribution in [2.45, 2.75) is 17.2 Å². The second-order valence-corrected chi connectivity index (χ2v) is 9.79. The van der Waals surface area contributed by atoms with Gasteiger partial charge in [0.05, 0.1) is 27.7 Å². The van der Waals surface area contributed by atoms with Gasteiger partial charge in [-0.15, -0.1) is 0 Å². The standard InChI is InChI=1S/C25H20N4O3S/c1-28-23-12-5-3-10-21(23)27-25(28)20(16-26)24(30)18-8-6-9-19(15-18)33(31,32)29-14-13-17-7-2-4-11-22(17)29/h2-12,15,20H,13-14H2,1H3. The molecule has 0 aliphatic carbocycles. The Morgan fingerprint density at radius 2 is 1.82 bits per heavy atom. The molecule has 0 spiro atoms. The summed E-state index contributed by atoms with van der Waals surface area (Å²) >= 11 is 0. The summed E-state index contributed by atoms with van der Waals surface area (Å²) in [4.78, 5) is 17.8. The molecule has 4 aromatic rings. The highest BCUT2D eigenvalue weighted by Gasteiger charge is 2.32. The summed E-state index contributed by atoms with van der Waals surface area (Å²) in [6.45, 7) is 0.348. The molecule has 1 aliphatic heterocycles. The number of benzene rings is 3. The number of para-hydroxylation sites is 3. The van der Waals surface area contributed by atoms with Gasteiger partial charge in [-0.25, -0.2) is 13.4 Å². The van der Waals surface area contributed by atoms with E-state index >= 15 is 0 Å². The minimum Gasteiger partial charge on any atom is -0.330 e. The number of aromatic nitrogens is 2. The zero-order valence-electron chi connectivity index (χ0n) is 17.8. The first-order chi connectivity index (χ1) is 15.9. The first kappa shape index (κ1) is 20.9. The van der Waals surface area contributed by atoms with E-state index in [0.29, 0.717) is 30.0 Å². The quantitative estimate of drug-likeness (QED) is 0.426. The topological polar surface area (TPSA) is 96.1 Å². The molecule has 0 N–H and O–H groups in total. The van der Waals surface area contributed by atoms with Crippen LogP contribution >= 0.6 is 0 Å². The van der Waals surface area contributed by atoms with Crippen molar-refractivity contribution in [1.82, 2.24) is 9.55 Å². The van der Waals surface area contributed by atoms with Crippen molar-refractivity contribution in [1.29, 1.82) is 5.26 Å². The van der Waals surface area contributed by atoms with Crippen LogP contribution in [0.3, 0.4) is 0 Å². The van der Waals surface area contributed by atoms with Crippen LogP contribution in [-0.2, 0) is 23.5 Å². The monoisotopic (exact) mass is 456 g/mol. The first-order valence-corrected chi connectivity index (χ1v) is 11.9. The van der Waals surface area contributed by atoms with E-state index < -0.39 is 21.7 Å². The van der Waals surface area contributed by atoms with Crippen molar-refractivity contribution in [3.8, 4) is 6.07 Å². The number of sulfonamides is 1. The lowest BCUT2D eigenvalue weighted by Crippen LogP contribution is -2.29. The molecule has 1 atom stereocenters. The van der Waals surface area contributed by atoms with Gasteiger partial charge in [0.1, 0.15) is 5.82 Å². The number of hydrogen-bond donors (Lipinski definition) is 0. The summed E-state index contributed by atoms with van der Waals surface area (Å²) < 4.78 is 29.9. The molecule has 164 valence electrons. The maximum atomic E-state index is 13.4. The predicted octanol–water partition coefficient (Wildman–Crippen LogP) is 3.81. The maximum absolute atomic E-state index is 13.4. The summed E-state index contributed by atoms with van der Waals surface area (Å²) in [5.41, 5.74) is 3.28. The number of carbonyl (C=O) groups excluding carboxylic acids is 1. The van der Waals surface area contributed by atoms with Gasteiger partial charge in [-0.1, -0.05) is 42.5 Å². The number of nitriles is 1. The van der Waals surface area contributed by atoms with Crippen LogP contribution < -0.4 is 4.31 Å². The number of nitrogens with zero attached hydrogens (tertiary/aromatic N) is 4. The fraction of sp³-hybridized carbons (Fsp3) is 0.160. The summed E-state index contributed by atoms with van der Waals surface area (Å²) in [5, 5.41) is 9.82. The second kappa shape index (κ2) is 7.87. The van der Waals surface area contributed by atoms with Crippen molar-refractivity contribution in [3.05, 3.63) is 89.7 Å². The lowest BCUT2D eigenvalue weighted by molar-refractivity contribution is 0.0975. The van der Waals surface area contributed by atoms with E-state index in [1.807, 2.05) is 36.4 Å². The number of carbonyl (C=O) groups is 1. The summed E-state index contributed by atoms with van der Waals surface area (Å²) in [6.07, 6.45) is 0.636. The van der Waals surface area contributed by atoms with Gasteiger partial charge < -0.3 is 4.57 Å². The average molecular weight is 457 g/mol. The van der Waals surface area contributed by atoms with E-state index in [-0.39, 0.29) is 10.5 Å². The van der Waals surface area contributed by atoms with Gasteiger partial charge in [-0.3, -0.25) is 9.10 Å². The Kier molecular flexibility index (Phi) is 4.99. The van der Waals surface area contributed by atoms with Crippen LogP contribution in [0.1, 0.15) is 27.7 Å². The third kappa shape index (κ3) is 3.38. The largest absolute Gasteiger partial charge is 0.330 e. The predicted molar refractivity (Wildman–Crippen MR) is 125 cm³/mol. The number of aryl methyl sites for hydroxylation is 1. The second-order valence-electron chi connectivity index (χ2n) is 7.93. The molecule has 7 nitrogen and oxygen atoms in total. The van der Waals surface area contributed by atoms with Crippen LogP contribution in [0.5, 0.6) is 0 Å². The van der Waals surface area contributed by atoms with Crippen LogP contribution in [0.25, 0.3) is 11.0 Å². The van der Waals surface area contributed by atoms with E-state index in [4.69, 9.17) is 0 Å². The van der Waals surface area contributed by atoms with Gasteiger partial charge >= 0.3 is 0 Å². The van der Waals surface area contributed by atoms with Crippen LogP contribution in [0.2, 0.25) is 0 Å². The van der Waals surface area contributed by atoms with Gasteiger partial charge in [0, 0.05) is 19.2 Å². The molecule has 1 aromatic heterocycles. The first-order valence-electron chi connectivity index (χ1n) is 10.5. The molecule has 5 rings (SSSR count). The molecule has 1 unspecified atom stereocenters. The molecule has 8 heteroatoms. The number of ketones is 1. The van der Waals surface area contributed by atoms with E-state index in [1.165, 1.54) is 28.6 Å². The van der Waals surface area contributed by atoms with Gasteiger partial charge in [0.2, 0.25) is 0 Å². The van der Waals surface area contributed by atoms with Crippen molar-refractivity contribution in [2.24, 2.45) is 7.05 Å². The van der Waals surface area contributed by atoms with Gasteiger partial charge in [-0.2, -0.15) is 5.26 Å². The number of Topliss-reactive ketones (excluding diaryl/α,β-unsaturated/α-hetero) is 1. The maximum Gasteiger partial charge on any atom is 0.264 e. The number of anilines is 1. The molecule has 0 amide bonds. The highest BCUT2D eigenvalue weighted by Crippen LogP contribution is 2.33. The molecule has 33 heavy (non-hydrogen) atoms. The number of imidazole rings is 1. The third-order valence-corrected chi connectivity index (χ3v) is 7.83. The third-order valence-electron chi connectivity index (χ3n) is 6.02. The van der Waals surface area contributed by atoms with Gasteiger partial charge in [0.15, 0.2) is 11.7 Å². The average Bonchev–Trinajstić information content (AvgIpc) is 3.42. The normalized spacial score (nSPS) is 14.1. The van der Waals surface area contributed by atoms with E-state index in [2.05, 4.69) is 11.1 Å². The molecule has 0 radical (unpaired) electrons. The van der Waals surface area contributed by atoms with E-state index in [1.54, 1.807) is 23.7 Å². The highest BCUT2D eigenvalue weighted by atomic mass is 32.2. The Morgan fingerprint density at radius 1 is 1.06 bits per heavy atom. The Hall–Kier alpha value is -3.96. The van der Waals surface area contributed by atoms with E-state index in [9.17, 15) is 18.5 Å². The van der Waals surface area contributed by atoms with E-state index in [0.717, 1.165) is 11.1 Å². The fourth-order valence-electron chi connectivity index (χ4n) is 4.32. The number of rotatable bonds is 5. The SMILES string of the molecule is Cn1c(C(C#N)C(=O)c2cccc(S(=O)(=O)N3CCc4ccccc43)c2)nc2ccccc21. The zero-order valence-corrected chi connectivity index (χ0v) is 18.7. The van der Waals surface area contributed by atoms with Gasteiger partial charge in [0.25, 0.3) is 10.0 Å². The van der Waals surface area contributed by atoms with Crippen molar-refractivity contribution >= 4 is 32.5 Å². The lowest BCUT2D eigenvalue weighted by atomic mass is 9.98. The lowest BCUT2D eigenvalue weighted by Gasteiger charge is -2.20. The highest BCUT2D eigenvalue weighted by molar-refractivity contribution is 7.92. The molecule has 0 bridgehead atoms. The number of hydrogen-bond acceptors (Lipinski definition) is 5.